The van der Waals surface area contributed by atoms with Crippen LogP contribution in [0.3, 0.4) is 0 Å². The van der Waals surface area contributed by atoms with E-state index in [4.69, 9.17) is 9.78 Å². The van der Waals surface area contributed by atoms with E-state index >= 15 is 0 Å². The Balaban J connectivity index is 1.32. The van der Waals surface area contributed by atoms with Crippen molar-refractivity contribution < 1.29 is 22.4 Å². The molecule has 0 atom stereocenters. The predicted molar refractivity (Wildman–Crippen MR) is 128 cm³/mol. The van der Waals surface area contributed by atoms with Gasteiger partial charge in [-0.3, -0.25) is 4.79 Å². The van der Waals surface area contributed by atoms with E-state index in [-0.39, 0.29) is 41.2 Å². The van der Waals surface area contributed by atoms with E-state index < -0.39 is 6.36 Å². The summed E-state index contributed by atoms with van der Waals surface area (Å²) in [5.74, 6) is 0.644. The number of alkyl halides is 3. The molecular formula is C25H20F3N7O3. The Morgan fingerprint density at radius 3 is 2.58 bits per heavy atom. The first-order valence-electron chi connectivity index (χ1n) is 11.7. The Labute approximate surface area is 213 Å². The summed E-state index contributed by atoms with van der Waals surface area (Å²) >= 11 is 0. The first kappa shape index (κ1) is 24.9. The number of rotatable bonds is 6. The molecule has 38 heavy (non-hydrogen) atoms. The normalized spacial score (nSPS) is 14.3. The average molecular weight is 523 g/mol. The van der Waals surface area contributed by atoms with Gasteiger partial charge in [0, 0.05) is 36.8 Å². The molecule has 1 aromatic carbocycles. The van der Waals surface area contributed by atoms with Crippen molar-refractivity contribution in [2.45, 2.75) is 25.7 Å². The van der Waals surface area contributed by atoms with Crippen molar-refractivity contribution in [3.05, 3.63) is 70.6 Å². The monoisotopic (exact) mass is 523 g/mol. The number of anilines is 1. The van der Waals surface area contributed by atoms with Crippen molar-refractivity contribution >= 4 is 5.82 Å². The number of nitriles is 1. The summed E-state index contributed by atoms with van der Waals surface area (Å²) in [5.41, 5.74) is 1.15. The van der Waals surface area contributed by atoms with Crippen LogP contribution in [-0.4, -0.2) is 44.4 Å². The van der Waals surface area contributed by atoms with Crippen LogP contribution in [0.4, 0.5) is 19.0 Å². The topological polar surface area (TPSA) is 123 Å². The lowest BCUT2D eigenvalue weighted by molar-refractivity contribution is -0.274. The number of ether oxygens (including phenoxy) is 1. The van der Waals surface area contributed by atoms with E-state index in [1.807, 2.05) is 6.07 Å². The number of halogens is 3. The van der Waals surface area contributed by atoms with Crippen LogP contribution in [0.1, 0.15) is 18.4 Å². The SMILES string of the molecule is N#CC1CCN(c2cc(Cn3nc(-c4nc(-c5ccc(OC(F)(F)F)cc5)no4)ccc3=O)ccn2)CC1. The molecule has 0 radical (unpaired) electrons. The molecular weight excluding hydrogens is 503 g/mol. The van der Waals surface area contributed by atoms with Crippen LogP contribution in [0.2, 0.25) is 0 Å². The van der Waals surface area contributed by atoms with Gasteiger partial charge in [0.2, 0.25) is 5.82 Å². The molecule has 0 saturated carbocycles. The molecule has 4 heterocycles. The molecule has 4 aromatic rings. The number of hydrogen-bond donors (Lipinski definition) is 0. The minimum atomic E-state index is -4.79. The van der Waals surface area contributed by atoms with Crippen LogP contribution in [0.25, 0.3) is 23.0 Å². The maximum absolute atomic E-state index is 12.5. The zero-order valence-corrected chi connectivity index (χ0v) is 19.8. The highest BCUT2D eigenvalue weighted by molar-refractivity contribution is 5.58. The lowest BCUT2D eigenvalue weighted by atomic mass is 9.98. The van der Waals surface area contributed by atoms with Gasteiger partial charge in [-0.25, -0.2) is 9.67 Å². The molecule has 13 heteroatoms. The van der Waals surface area contributed by atoms with Crippen LogP contribution in [0.5, 0.6) is 5.75 Å². The third-order valence-corrected chi connectivity index (χ3v) is 6.00. The minimum absolute atomic E-state index is 0.0418. The molecule has 0 N–H and O–H groups in total. The molecule has 0 spiro atoms. The molecule has 1 saturated heterocycles. The number of pyridine rings is 1. The van der Waals surface area contributed by atoms with E-state index in [1.165, 1.54) is 28.9 Å². The Morgan fingerprint density at radius 1 is 1.11 bits per heavy atom. The van der Waals surface area contributed by atoms with E-state index in [0.717, 1.165) is 49.4 Å². The van der Waals surface area contributed by atoms with E-state index in [1.54, 1.807) is 12.3 Å². The van der Waals surface area contributed by atoms with Gasteiger partial charge in [-0.05, 0) is 60.9 Å². The lowest BCUT2D eigenvalue weighted by Gasteiger charge is -2.30. The van der Waals surface area contributed by atoms with Crippen molar-refractivity contribution in [1.29, 1.82) is 5.26 Å². The van der Waals surface area contributed by atoms with E-state index in [0.29, 0.717) is 5.56 Å². The number of aromatic nitrogens is 5. The standard InChI is InChI=1S/C25H20F3N7O3/c26-25(27,28)37-19-3-1-18(2-4-19)23-31-24(38-33-23)20-5-6-22(36)35(32-20)15-17-7-10-30-21(13-17)34-11-8-16(14-29)9-12-34/h1-7,10,13,16H,8-9,11-12,15H2. The lowest BCUT2D eigenvalue weighted by Crippen LogP contribution is -2.33. The van der Waals surface area contributed by atoms with Gasteiger partial charge in [-0.1, -0.05) is 5.16 Å². The second-order valence-corrected chi connectivity index (χ2v) is 8.62. The molecule has 10 nitrogen and oxygen atoms in total. The van der Waals surface area contributed by atoms with Gasteiger partial charge in [0.05, 0.1) is 12.6 Å². The van der Waals surface area contributed by atoms with Crippen LogP contribution < -0.4 is 15.2 Å². The summed E-state index contributed by atoms with van der Waals surface area (Å²) in [5, 5.41) is 17.3. The Morgan fingerprint density at radius 2 is 1.87 bits per heavy atom. The Kier molecular flexibility index (Phi) is 6.78. The summed E-state index contributed by atoms with van der Waals surface area (Å²) in [6, 6.07) is 13.8. The van der Waals surface area contributed by atoms with Crippen LogP contribution in [-0.2, 0) is 6.54 Å². The van der Waals surface area contributed by atoms with E-state index in [2.05, 4.69) is 35.9 Å². The summed E-state index contributed by atoms with van der Waals surface area (Å²) in [4.78, 5) is 23.3. The molecule has 1 fully saturated rings. The predicted octanol–water partition coefficient (Wildman–Crippen LogP) is 4.04. The fourth-order valence-corrected chi connectivity index (χ4v) is 4.07. The van der Waals surface area contributed by atoms with Crippen molar-refractivity contribution in [1.82, 2.24) is 24.9 Å². The summed E-state index contributed by atoms with van der Waals surface area (Å²) in [7, 11) is 0. The Hall–Kier alpha value is -4.73. The van der Waals surface area contributed by atoms with Gasteiger partial charge < -0.3 is 14.2 Å². The molecule has 0 aliphatic carbocycles. The third kappa shape index (κ3) is 5.80. The fourth-order valence-electron chi connectivity index (χ4n) is 4.07. The van der Waals surface area contributed by atoms with Crippen molar-refractivity contribution in [3.8, 4) is 34.8 Å². The molecule has 1 aliphatic rings. The molecule has 0 bridgehead atoms. The maximum atomic E-state index is 12.5. The number of hydrogen-bond acceptors (Lipinski definition) is 9. The molecule has 194 valence electrons. The maximum Gasteiger partial charge on any atom is 0.573 e. The van der Waals surface area contributed by atoms with Gasteiger partial charge >= 0.3 is 6.36 Å². The zero-order valence-electron chi connectivity index (χ0n) is 19.8. The fraction of sp³-hybridized carbons (Fsp3) is 0.280. The number of nitrogens with zero attached hydrogens (tertiary/aromatic N) is 7. The first-order valence-corrected chi connectivity index (χ1v) is 11.7. The quantitative estimate of drug-likeness (QED) is 0.368. The second-order valence-electron chi connectivity index (χ2n) is 8.62. The van der Waals surface area contributed by atoms with Crippen molar-refractivity contribution in [3.63, 3.8) is 0 Å². The van der Waals surface area contributed by atoms with Crippen molar-refractivity contribution in [2.24, 2.45) is 5.92 Å². The average Bonchev–Trinajstić information content (AvgIpc) is 3.40. The highest BCUT2D eigenvalue weighted by Gasteiger charge is 2.31. The number of piperidine rings is 1. The molecule has 3 aromatic heterocycles. The van der Waals surface area contributed by atoms with E-state index in [9.17, 15) is 18.0 Å². The molecule has 5 rings (SSSR count). The summed E-state index contributed by atoms with van der Waals surface area (Å²) in [6.07, 6.45) is -1.56. The zero-order chi connectivity index (χ0) is 26.7. The van der Waals surface area contributed by atoms with Crippen molar-refractivity contribution in [2.75, 3.05) is 18.0 Å². The summed E-state index contributed by atoms with van der Waals surface area (Å²) < 4.78 is 47.6. The third-order valence-electron chi connectivity index (χ3n) is 6.00. The molecule has 1 aliphatic heterocycles. The van der Waals surface area contributed by atoms with Gasteiger partial charge in [-0.15, -0.1) is 13.2 Å². The van der Waals surface area contributed by atoms with Crippen LogP contribution >= 0.6 is 0 Å². The number of benzene rings is 1. The van der Waals surface area contributed by atoms with Gasteiger partial charge in [0.25, 0.3) is 11.4 Å². The van der Waals surface area contributed by atoms with Crippen LogP contribution in [0.15, 0.2) is 64.0 Å². The van der Waals surface area contributed by atoms with Gasteiger partial charge in [0.1, 0.15) is 17.3 Å². The largest absolute Gasteiger partial charge is 0.573 e. The van der Waals surface area contributed by atoms with Gasteiger partial charge in [0.15, 0.2) is 0 Å². The second kappa shape index (κ2) is 10.3. The summed E-state index contributed by atoms with van der Waals surface area (Å²) in [6.45, 7) is 1.65. The van der Waals surface area contributed by atoms with Gasteiger partial charge in [-0.2, -0.15) is 15.3 Å². The Bertz CT molecular complexity index is 1520. The highest BCUT2D eigenvalue weighted by atomic mass is 19.4. The first-order chi connectivity index (χ1) is 18.3. The minimum Gasteiger partial charge on any atom is -0.406 e. The smallest absolute Gasteiger partial charge is 0.406 e. The highest BCUT2D eigenvalue weighted by Crippen LogP contribution is 2.27. The molecule has 0 amide bonds. The van der Waals surface area contributed by atoms with Crippen LogP contribution in [0, 0.1) is 17.2 Å². The molecule has 0 unspecified atom stereocenters.